The molecule has 0 amide bonds. The lowest BCUT2D eigenvalue weighted by atomic mass is 10.1. The van der Waals surface area contributed by atoms with Gasteiger partial charge in [-0.1, -0.05) is 30.3 Å². The minimum absolute atomic E-state index is 0.410. The highest BCUT2D eigenvalue weighted by atomic mass is 32.1. The molecule has 0 spiro atoms. The first-order chi connectivity index (χ1) is 22.3. The van der Waals surface area contributed by atoms with Gasteiger partial charge in [0.15, 0.2) is 5.82 Å². The van der Waals surface area contributed by atoms with Gasteiger partial charge in [0.05, 0.1) is 0 Å². The maximum Gasteiger partial charge on any atom is 0.242 e. The highest BCUT2D eigenvalue weighted by Crippen LogP contribution is 2.39. The minimum Gasteiger partial charge on any atom is -0.245 e. The van der Waals surface area contributed by atoms with E-state index in [0.29, 0.717) is 40.3 Å². The predicted molar refractivity (Wildman–Crippen MR) is 178 cm³/mol. The Morgan fingerprint density at radius 3 is 1.42 bits per heavy atom. The SMILES string of the molecule is c1ccc2c(c1)sc1c(-c3nc(-n4c5ncccc5c5cccnc54)nc(-n4c5ncccc5c5cccnc54)n3)cccc12. The zero-order valence-corrected chi connectivity index (χ0v) is 24.2. The van der Waals surface area contributed by atoms with Crippen molar-refractivity contribution in [2.45, 2.75) is 0 Å². The largest absolute Gasteiger partial charge is 0.245 e. The third-order valence-corrected chi connectivity index (χ3v) is 9.45. The molecule has 210 valence electrons. The Balaban J connectivity index is 1.35. The van der Waals surface area contributed by atoms with E-state index in [1.807, 2.05) is 57.7 Å². The molecule has 0 saturated heterocycles. The Morgan fingerprint density at radius 2 is 0.889 bits per heavy atom. The lowest BCUT2D eigenvalue weighted by Gasteiger charge is -2.11. The van der Waals surface area contributed by atoms with Gasteiger partial charge < -0.3 is 0 Å². The van der Waals surface area contributed by atoms with Gasteiger partial charge in [-0.05, 0) is 60.7 Å². The fourth-order valence-electron chi connectivity index (χ4n) is 6.32. The Hall–Kier alpha value is -6.13. The van der Waals surface area contributed by atoms with Crippen LogP contribution in [0.25, 0.3) is 87.6 Å². The highest BCUT2D eigenvalue weighted by molar-refractivity contribution is 7.26. The van der Waals surface area contributed by atoms with Crippen molar-refractivity contribution in [3.63, 3.8) is 0 Å². The van der Waals surface area contributed by atoms with Crippen molar-refractivity contribution < 1.29 is 0 Å². The molecule has 0 bridgehead atoms. The number of fused-ring (bicyclic) bond motifs is 9. The van der Waals surface area contributed by atoms with E-state index in [1.54, 1.807) is 36.1 Å². The first kappa shape index (κ1) is 24.3. The van der Waals surface area contributed by atoms with Gasteiger partial charge in [-0.15, -0.1) is 11.3 Å². The average Bonchev–Trinajstić information content (AvgIpc) is 3.76. The lowest BCUT2D eigenvalue weighted by molar-refractivity contribution is 0.876. The summed E-state index contributed by atoms with van der Waals surface area (Å²) in [5.41, 5.74) is 3.78. The van der Waals surface area contributed by atoms with Crippen molar-refractivity contribution in [2.24, 2.45) is 0 Å². The summed E-state index contributed by atoms with van der Waals surface area (Å²) in [7, 11) is 0. The molecular weight excluding hydrogens is 579 g/mol. The topological polar surface area (TPSA) is 100 Å². The lowest BCUT2D eigenvalue weighted by Crippen LogP contribution is -2.11. The van der Waals surface area contributed by atoms with Gasteiger partial charge in [0, 0.05) is 72.1 Å². The maximum absolute atomic E-state index is 5.15. The first-order valence-corrected chi connectivity index (χ1v) is 15.2. The van der Waals surface area contributed by atoms with E-state index in [2.05, 4.69) is 42.5 Å². The summed E-state index contributed by atoms with van der Waals surface area (Å²) in [6.45, 7) is 0. The fraction of sp³-hybridized carbons (Fsp3) is 0. The molecule has 10 rings (SSSR count). The number of pyridine rings is 4. The number of hydrogen-bond acceptors (Lipinski definition) is 8. The summed E-state index contributed by atoms with van der Waals surface area (Å²) in [4.78, 5) is 34.5. The van der Waals surface area contributed by atoms with Gasteiger partial charge in [-0.3, -0.25) is 0 Å². The molecule has 0 aliphatic heterocycles. The van der Waals surface area contributed by atoms with Crippen LogP contribution in [0.5, 0.6) is 0 Å². The molecule has 0 unspecified atom stereocenters. The predicted octanol–water partition coefficient (Wildman–Crippen LogP) is 7.68. The number of benzene rings is 2. The van der Waals surface area contributed by atoms with E-state index in [9.17, 15) is 0 Å². The zero-order chi connectivity index (χ0) is 29.5. The maximum atomic E-state index is 5.15. The molecule has 0 N–H and O–H groups in total. The zero-order valence-electron chi connectivity index (χ0n) is 23.4. The number of rotatable bonds is 3. The van der Waals surface area contributed by atoms with Crippen molar-refractivity contribution in [1.82, 2.24) is 44.0 Å². The summed E-state index contributed by atoms with van der Waals surface area (Å²) in [5.74, 6) is 1.36. The van der Waals surface area contributed by atoms with Crippen LogP contribution in [0.4, 0.5) is 0 Å². The average molecular weight is 598 g/mol. The van der Waals surface area contributed by atoms with E-state index in [1.165, 1.54) is 10.1 Å². The van der Waals surface area contributed by atoms with Crippen LogP contribution in [-0.2, 0) is 0 Å². The minimum atomic E-state index is 0.410. The van der Waals surface area contributed by atoms with Crippen LogP contribution in [-0.4, -0.2) is 44.0 Å². The van der Waals surface area contributed by atoms with Crippen LogP contribution in [0.3, 0.4) is 0 Å². The number of aromatic nitrogens is 9. The van der Waals surface area contributed by atoms with Crippen LogP contribution in [0, 0.1) is 0 Å². The summed E-state index contributed by atoms with van der Waals surface area (Å²) >= 11 is 1.74. The van der Waals surface area contributed by atoms with Gasteiger partial charge in [-0.25, -0.2) is 29.1 Å². The van der Waals surface area contributed by atoms with Crippen LogP contribution in [0.1, 0.15) is 0 Å². The Kier molecular flexibility index (Phi) is 4.96. The standard InChI is InChI=1S/C35H19N9S/c1-2-15-27-20(8-1)21-9-3-10-26(28(21)45-27)29-40-34(43-30-22(11-4-16-36-30)23-12-5-17-37-31(23)43)42-35(41-29)44-32-24(13-6-18-38-32)25-14-7-19-39-33(25)44/h1-19H. The van der Waals surface area contributed by atoms with Gasteiger partial charge in [0.25, 0.3) is 0 Å². The van der Waals surface area contributed by atoms with Gasteiger partial charge in [-0.2, -0.15) is 15.0 Å². The molecular formula is C35H19N9S. The first-order valence-electron chi connectivity index (χ1n) is 14.4. The molecule has 0 atom stereocenters. The van der Waals surface area contributed by atoms with E-state index in [0.717, 1.165) is 37.2 Å². The number of hydrogen-bond donors (Lipinski definition) is 0. The fourth-order valence-corrected chi connectivity index (χ4v) is 7.53. The second kappa shape index (κ2) is 9.18. The second-order valence-corrected chi connectivity index (χ2v) is 11.8. The molecule has 0 saturated carbocycles. The van der Waals surface area contributed by atoms with E-state index in [4.69, 9.17) is 34.9 Å². The molecule has 10 aromatic rings. The third kappa shape index (κ3) is 3.45. The van der Waals surface area contributed by atoms with Crippen molar-refractivity contribution in [2.75, 3.05) is 0 Å². The Labute approximate surface area is 258 Å². The molecule has 0 fully saturated rings. The van der Waals surface area contributed by atoms with Crippen molar-refractivity contribution in [1.29, 1.82) is 0 Å². The summed E-state index contributed by atoms with van der Waals surface area (Å²) in [5, 5.41) is 6.25. The summed E-state index contributed by atoms with van der Waals surface area (Å²) in [6, 6.07) is 30.7. The van der Waals surface area contributed by atoms with Crippen LogP contribution < -0.4 is 0 Å². The van der Waals surface area contributed by atoms with Crippen molar-refractivity contribution in [3.05, 3.63) is 116 Å². The molecule has 45 heavy (non-hydrogen) atoms. The van der Waals surface area contributed by atoms with Crippen molar-refractivity contribution >= 4 is 75.6 Å². The molecule has 0 aliphatic carbocycles. The van der Waals surface area contributed by atoms with Crippen LogP contribution >= 0.6 is 11.3 Å². The normalized spacial score (nSPS) is 12.0. The smallest absolute Gasteiger partial charge is 0.242 e. The number of nitrogens with zero attached hydrogens (tertiary/aromatic N) is 9. The molecule has 0 radical (unpaired) electrons. The monoisotopic (exact) mass is 597 g/mol. The number of thiophene rings is 1. The Bertz CT molecular complexity index is 2550. The molecule has 0 aliphatic rings. The van der Waals surface area contributed by atoms with Crippen LogP contribution in [0.2, 0.25) is 0 Å². The highest BCUT2D eigenvalue weighted by Gasteiger charge is 2.23. The molecule has 8 aromatic heterocycles. The molecule has 8 heterocycles. The van der Waals surface area contributed by atoms with Gasteiger partial charge in [0.1, 0.15) is 22.6 Å². The molecule has 10 heteroatoms. The molecule has 9 nitrogen and oxygen atoms in total. The van der Waals surface area contributed by atoms with E-state index >= 15 is 0 Å². The third-order valence-electron chi connectivity index (χ3n) is 8.23. The Morgan fingerprint density at radius 1 is 0.422 bits per heavy atom. The second-order valence-electron chi connectivity index (χ2n) is 10.7. The quantitative estimate of drug-likeness (QED) is 0.206. The van der Waals surface area contributed by atoms with Gasteiger partial charge in [0.2, 0.25) is 11.9 Å². The van der Waals surface area contributed by atoms with Crippen molar-refractivity contribution in [3.8, 4) is 23.3 Å². The summed E-state index contributed by atoms with van der Waals surface area (Å²) < 4.78 is 6.15. The van der Waals surface area contributed by atoms with E-state index < -0.39 is 0 Å². The van der Waals surface area contributed by atoms with Gasteiger partial charge >= 0.3 is 0 Å². The summed E-state index contributed by atoms with van der Waals surface area (Å²) in [6.07, 6.45) is 7.11. The van der Waals surface area contributed by atoms with E-state index in [-0.39, 0.29) is 0 Å². The van der Waals surface area contributed by atoms with Crippen LogP contribution in [0.15, 0.2) is 116 Å². The molecule has 2 aromatic carbocycles.